The third-order valence-electron chi connectivity index (χ3n) is 2.60. The van der Waals surface area contributed by atoms with Crippen molar-refractivity contribution in [1.29, 1.82) is 0 Å². The summed E-state index contributed by atoms with van der Waals surface area (Å²) in [6.45, 7) is 8.85. The first-order chi connectivity index (χ1) is 7.76. The summed E-state index contributed by atoms with van der Waals surface area (Å²) in [6.07, 6.45) is 2.01. The lowest BCUT2D eigenvalue weighted by molar-refractivity contribution is 0.131. The second-order valence-electron chi connectivity index (χ2n) is 6.16. The quantitative estimate of drug-likeness (QED) is 0.848. The number of aromatic nitrogens is 4. The van der Waals surface area contributed by atoms with Gasteiger partial charge in [-0.1, -0.05) is 27.7 Å². The van der Waals surface area contributed by atoms with Crippen LogP contribution in [0.5, 0.6) is 0 Å². The molecule has 0 aromatic carbocycles. The van der Waals surface area contributed by atoms with E-state index in [2.05, 4.69) is 43.1 Å². The molecule has 0 aliphatic carbocycles. The zero-order valence-corrected chi connectivity index (χ0v) is 11.5. The normalized spacial score (nSPS) is 15.9. The fourth-order valence-electron chi connectivity index (χ4n) is 2.29. The third-order valence-corrected chi connectivity index (χ3v) is 2.60. The molecule has 0 bridgehead atoms. The molecule has 5 heteroatoms. The highest BCUT2D eigenvalue weighted by Gasteiger charge is 2.19. The van der Waals surface area contributed by atoms with Gasteiger partial charge in [0, 0.05) is 6.42 Å². The fourth-order valence-corrected chi connectivity index (χ4v) is 2.29. The van der Waals surface area contributed by atoms with E-state index in [1.54, 1.807) is 7.05 Å². The van der Waals surface area contributed by atoms with Crippen molar-refractivity contribution >= 4 is 0 Å². The number of hydrogen-bond donors (Lipinski definition) is 1. The van der Waals surface area contributed by atoms with Gasteiger partial charge in [-0.3, -0.25) is 0 Å². The van der Waals surface area contributed by atoms with Crippen molar-refractivity contribution in [3.05, 3.63) is 5.82 Å². The van der Waals surface area contributed by atoms with Crippen molar-refractivity contribution in [1.82, 2.24) is 20.2 Å². The Balaban J connectivity index is 2.36. The molecule has 0 saturated heterocycles. The Morgan fingerprint density at radius 2 is 2.00 bits per heavy atom. The van der Waals surface area contributed by atoms with Gasteiger partial charge in [-0.05, 0) is 29.4 Å². The summed E-state index contributed by atoms with van der Waals surface area (Å²) in [5.74, 6) is 1.12. The Morgan fingerprint density at radius 1 is 1.35 bits per heavy atom. The summed E-state index contributed by atoms with van der Waals surface area (Å²) in [5, 5.41) is 21.7. The van der Waals surface area contributed by atoms with Gasteiger partial charge in [0.1, 0.15) is 0 Å². The maximum absolute atomic E-state index is 9.96. The molecule has 2 atom stereocenters. The van der Waals surface area contributed by atoms with E-state index in [9.17, 15) is 5.11 Å². The highest BCUT2D eigenvalue weighted by atomic mass is 16.3. The summed E-state index contributed by atoms with van der Waals surface area (Å²) in [6, 6.07) is 0. The third kappa shape index (κ3) is 5.77. The summed E-state index contributed by atoms with van der Waals surface area (Å²) < 4.78 is 0. The molecule has 1 aromatic rings. The van der Waals surface area contributed by atoms with E-state index in [4.69, 9.17) is 0 Å². The van der Waals surface area contributed by atoms with Crippen molar-refractivity contribution in [2.75, 3.05) is 0 Å². The van der Waals surface area contributed by atoms with Gasteiger partial charge in [0.05, 0.1) is 13.2 Å². The summed E-state index contributed by atoms with van der Waals surface area (Å²) >= 11 is 0. The largest absolute Gasteiger partial charge is 0.393 e. The Kier molecular flexibility index (Phi) is 4.62. The van der Waals surface area contributed by atoms with Crippen LogP contribution >= 0.6 is 0 Å². The Bertz CT molecular complexity index is 343. The molecule has 0 saturated carbocycles. The molecule has 5 nitrogen and oxygen atoms in total. The number of aliphatic hydroxyl groups is 1. The van der Waals surface area contributed by atoms with Crippen LogP contribution in [0.1, 0.15) is 46.4 Å². The van der Waals surface area contributed by atoms with E-state index in [0.29, 0.717) is 23.6 Å². The number of aryl methyl sites for hydroxylation is 1. The van der Waals surface area contributed by atoms with Crippen molar-refractivity contribution < 1.29 is 5.11 Å². The van der Waals surface area contributed by atoms with Crippen LogP contribution in [0.4, 0.5) is 0 Å². The summed E-state index contributed by atoms with van der Waals surface area (Å²) in [5.41, 5.74) is 0.309. The lowest BCUT2D eigenvalue weighted by atomic mass is 9.83. The van der Waals surface area contributed by atoms with Crippen LogP contribution in [0, 0.1) is 11.3 Å². The molecule has 0 aliphatic rings. The average Bonchev–Trinajstić information content (AvgIpc) is 2.46. The highest BCUT2D eigenvalue weighted by molar-refractivity contribution is 4.82. The monoisotopic (exact) mass is 240 g/mol. The number of nitrogens with zero attached hydrogens (tertiary/aromatic N) is 4. The number of rotatable bonds is 5. The fraction of sp³-hybridized carbons (Fsp3) is 0.917. The minimum atomic E-state index is -0.378. The van der Waals surface area contributed by atoms with Gasteiger partial charge in [0.15, 0.2) is 5.82 Å². The van der Waals surface area contributed by atoms with Crippen molar-refractivity contribution in [3.63, 3.8) is 0 Å². The molecule has 0 aliphatic heterocycles. The van der Waals surface area contributed by atoms with Gasteiger partial charge in [-0.2, -0.15) is 4.80 Å². The Labute approximate surface area is 103 Å². The van der Waals surface area contributed by atoms with E-state index >= 15 is 0 Å². The Morgan fingerprint density at radius 3 is 2.47 bits per heavy atom. The van der Waals surface area contributed by atoms with E-state index in [1.807, 2.05) is 0 Å². The SMILES string of the molecule is CC(CC(O)Cc1nnn(C)n1)CC(C)(C)C. The molecule has 2 unspecified atom stereocenters. The van der Waals surface area contributed by atoms with Gasteiger partial charge >= 0.3 is 0 Å². The molecule has 1 rings (SSSR count). The van der Waals surface area contributed by atoms with E-state index in [-0.39, 0.29) is 6.10 Å². The minimum Gasteiger partial charge on any atom is -0.393 e. The van der Waals surface area contributed by atoms with Crippen LogP contribution in [0.25, 0.3) is 0 Å². The van der Waals surface area contributed by atoms with E-state index < -0.39 is 0 Å². The molecule has 1 N–H and O–H groups in total. The standard InChI is InChI=1S/C12H24N4O/c1-9(8-12(2,3)4)6-10(17)7-11-13-15-16(5)14-11/h9-10,17H,6-8H2,1-5H3. The molecule has 1 aromatic heterocycles. The first-order valence-electron chi connectivity index (χ1n) is 6.17. The number of aliphatic hydroxyl groups excluding tert-OH is 1. The van der Waals surface area contributed by atoms with Crippen LogP contribution in [0.3, 0.4) is 0 Å². The molecule has 17 heavy (non-hydrogen) atoms. The van der Waals surface area contributed by atoms with Gasteiger partial charge in [0.2, 0.25) is 0 Å². The second-order valence-corrected chi connectivity index (χ2v) is 6.16. The number of tetrazole rings is 1. The van der Waals surface area contributed by atoms with Crippen LogP contribution in [-0.4, -0.2) is 31.4 Å². The van der Waals surface area contributed by atoms with Crippen molar-refractivity contribution in [2.45, 2.75) is 53.1 Å². The van der Waals surface area contributed by atoms with Crippen LogP contribution in [-0.2, 0) is 13.5 Å². The predicted molar refractivity (Wildman–Crippen MR) is 66.4 cm³/mol. The lowest BCUT2D eigenvalue weighted by Gasteiger charge is -2.24. The molecular formula is C12H24N4O. The zero-order chi connectivity index (χ0) is 13.1. The zero-order valence-electron chi connectivity index (χ0n) is 11.5. The maximum Gasteiger partial charge on any atom is 0.177 e. The topological polar surface area (TPSA) is 63.8 Å². The summed E-state index contributed by atoms with van der Waals surface area (Å²) in [7, 11) is 1.73. The van der Waals surface area contributed by atoms with E-state index in [1.165, 1.54) is 4.80 Å². The van der Waals surface area contributed by atoms with Crippen molar-refractivity contribution in [2.24, 2.45) is 18.4 Å². The Hall–Kier alpha value is -0.970. The van der Waals surface area contributed by atoms with Crippen LogP contribution < -0.4 is 0 Å². The van der Waals surface area contributed by atoms with Gasteiger partial charge in [-0.25, -0.2) is 0 Å². The first-order valence-corrected chi connectivity index (χ1v) is 6.17. The maximum atomic E-state index is 9.96. The minimum absolute atomic E-state index is 0.309. The highest BCUT2D eigenvalue weighted by Crippen LogP contribution is 2.26. The molecule has 98 valence electrons. The molecule has 0 amide bonds. The summed E-state index contributed by atoms with van der Waals surface area (Å²) in [4.78, 5) is 1.42. The van der Waals surface area contributed by atoms with Gasteiger partial charge in [-0.15, -0.1) is 10.2 Å². The molecular weight excluding hydrogens is 216 g/mol. The molecule has 0 fully saturated rings. The molecule has 0 radical (unpaired) electrons. The lowest BCUT2D eigenvalue weighted by Crippen LogP contribution is -2.19. The molecule has 1 heterocycles. The smallest absolute Gasteiger partial charge is 0.177 e. The number of hydrogen-bond acceptors (Lipinski definition) is 4. The predicted octanol–water partition coefficient (Wildman–Crippen LogP) is 1.58. The second kappa shape index (κ2) is 5.58. The van der Waals surface area contributed by atoms with Crippen molar-refractivity contribution in [3.8, 4) is 0 Å². The first kappa shape index (κ1) is 14.1. The molecule has 0 spiro atoms. The van der Waals surface area contributed by atoms with E-state index in [0.717, 1.165) is 12.8 Å². The van der Waals surface area contributed by atoms with Crippen LogP contribution in [0.2, 0.25) is 0 Å². The van der Waals surface area contributed by atoms with Gasteiger partial charge < -0.3 is 5.11 Å². The van der Waals surface area contributed by atoms with Crippen LogP contribution in [0.15, 0.2) is 0 Å². The average molecular weight is 240 g/mol. The van der Waals surface area contributed by atoms with Gasteiger partial charge in [0.25, 0.3) is 0 Å².